The molecule has 0 spiro atoms. The van der Waals surface area contributed by atoms with Gasteiger partial charge in [-0.2, -0.15) is 5.10 Å². The Kier molecular flexibility index (Phi) is 5.76. The van der Waals surface area contributed by atoms with Gasteiger partial charge in [-0.1, -0.05) is 0 Å². The van der Waals surface area contributed by atoms with Crippen molar-refractivity contribution in [3.05, 3.63) is 24.0 Å². The van der Waals surface area contributed by atoms with E-state index in [9.17, 15) is 18.8 Å². The number of anilines is 2. The third kappa shape index (κ3) is 4.56. The van der Waals surface area contributed by atoms with Crippen LogP contribution in [0.25, 0.3) is 0 Å². The van der Waals surface area contributed by atoms with Gasteiger partial charge >= 0.3 is 6.09 Å². The molecule has 2 aliphatic heterocycles. The Morgan fingerprint density at radius 3 is 2.71 bits per heavy atom. The first-order chi connectivity index (χ1) is 13.3. The van der Waals surface area contributed by atoms with E-state index >= 15 is 0 Å². The SMILES string of the molecule is CC(=O)CN1CCN(c2ccc(N3CC(CNC(C)=O)OC3=O)cc2F)C=N1. The minimum absolute atomic E-state index is 0.00967. The number of nitrogens with zero attached hydrogens (tertiary/aromatic N) is 4. The highest BCUT2D eigenvalue weighted by Gasteiger charge is 2.33. The van der Waals surface area contributed by atoms with Crippen LogP contribution in [0.4, 0.5) is 20.6 Å². The molecule has 150 valence electrons. The molecule has 0 bridgehead atoms. The standard InChI is InChI=1S/C18H22FN5O4/c1-12(25)9-23-6-5-22(11-21-23)17-4-3-14(7-16(17)19)24-10-15(28-18(24)27)8-20-13(2)26/h3-4,7,11,15H,5-6,8-10H2,1-2H3,(H,20,26). The number of hydrogen-bond donors (Lipinski definition) is 1. The van der Waals surface area contributed by atoms with Crippen molar-refractivity contribution in [3.63, 3.8) is 0 Å². The molecule has 1 N–H and O–H groups in total. The van der Waals surface area contributed by atoms with Crippen molar-refractivity contribution in [2.24, 2.45) is 5.10 Å². The van der Waals surface area contributed by atoms with E-state index in [0.717, 1.165) is 0 Å². The van der Waals surface area contributed by atoms with Gasteiger partial charge in [-0.25, -0.2) is 9.18 Å². The summed E-state index contributed by atoms with van der Waals surface area (Å²) in [7, 11) is 0. The fraction of sp³-hybridized carbons (Fsp3) is 0.444. The van der Waals surface area contributed by atoms with Gasteiger partial charge in [-0.3, -0.25) is 19.5 Å². The quantitative estimate of drug-likeness (QED) is 0.776. The van der Waals surface area contributed by atoms with Crippen molar-refractivity contribution in [2.75, 3.05) is 42.5 Å². The molecule has 9 nitrogen and oxygen atoms in total. The number of ether oxygens (including phenoxy) is 1. The first-order valence-corrected chi connectivity index (χ1v) is 8.90. The van der Waals surface area contributed by atoms with Gasteiger partial charge in [0.25, 0.3) is 0 Å². The smallest absolute Gasteiger partial charge is 0.414 e. The normalized spacial score (nSPS) is 19.0. The highest BCUT2D eigenvalue weighted by Crippen LogP contribution is 2.28. The lowest BCUT2D eigenvalue weighted by molar-refractivity contribution is -0.119. The number of carbonyl (C=O) groups excluding carboxylic acids is 3. The van der Waals surface area contributed by atoms with Crippen LogP contribution in [-0.2, 0) is 14.3 Å². The Bertz CT molecular complexity index is 815. The molecule has 1 aromatic carbocycles. The molecule has 1 aromatic rings. The summed E-state index contributed by atoms with van der Waals surface area (Å²) in [5, 5.41) is 8.37. The molecule has 0 aromatic heterocycles. The third-order valence-corrected chi connectivity index (χ3v) is 4.36. The molecule has 3 rings (SSSR count). The molecule has 1 atom stereocenters. The number of halogens is 1. The second-order valence-electron chi connectivity index (χ2n) is 6.70. The molecular weight excluding hydrogens is 369 g/mol. The lowest BCUT2D eigenvalue weighted by Gasteiger charge is -2.29. The first kappa shape index (κ1) is 19.6. The molecule has 1 unspecified atom stereocenters. The number of carbonyl (C=O) groups is 3. The molecule has 0 saturated carbocycles. The van der Waals surface area contributed by atoms with E-state index in [-0.39, 0.29) is 31.3 Å². The van der Waals surface area contributed by atoms with Gasteiger partial charge in [-0.05, 0) is 25.1 Å². The second kappa shape index (κ2) is 8.24. The van der Waals surface area contributed by atoms with Crippen LogP contribution < -0.4 is 15.1 Å². The number of hydrazone groups is 1. The van der Waals surface area contributed by atoms with Crippen LogP contribution in [0.5, 0.6) is 0 Å². The largest absolute Gasteiger partial charge is 0.442 e. The zero-order chi connectivity index (χ0) is 20.3. The van der Waals surface area contributed by atoms with E-state index in [4.69, 9.17) is 4.74 Å². The summed E-state index contributed by atoms with van der Waals surface area (Å²) >= 11 is 0. The highest BCUT2D eigenvalue weighted by atomic mass is 19.1. The average molecular weight is 391 g/mol. The fourth-order valence-corrected chi connectivity index (χ4v) is 3.03. The number of rotatable bonds is 6. The summed E-state index contributed by atoms with van der Waals surface area (Å²) in [5.74, 6) is -0.701. The van der Waals surface area contributed by atoms with Crippen LogP contribution in [-0.4, -0.2) is 68.0 Å². The maximum atomic E-state index is 14.7. The number of nitrogens with one attached hydrogen (secondary N) is 1. The molecule has 0 radical (unpaired) electrons. The number of Topliss-reactive ketones (excluding diaryl/α,β-unsaturated/α-hetero) is 1. The average Bonchev–Trinajstić information content (AvgIpc) is 3.01. The predicted octanol–water partition coefficient (Wildman–Crippen LogP) is 0.941. The summed E-state index contributed by atoms with van der Waals surface area (Å²) in [6.07, 6.45) is 0.417. The van der Waals surface area contributed by atoms with Crippen LogP contribution in [0.1, 0.15) is 13.8 Å². The van der Waals surface area contributed by atoms with Crippen molar-refractivity contribution >= 4 is 35.5 Å². The molecule has 2 aliphatic rings. The molecule has 0 aliphatic carbocycles. The van der Waals surface area contributed by atoms with Gasteiger partial charge in [0.15, 0.2) is 5.78 Å². The summed E-state index contributed by atoms with van der Waals surface area (Å²) in [4.78, 5) is 37.2. The van der Waals surface area contributed by atoms with Crippen LogP contribution in [0.2, 0.25) is 0 Å². The van der Waals surface area contributed by atoms with Crippen molar-refractivity contribution in [3.8, 4) is 0 Å². The molecule has 10 heteroatoms. The van der Waals surface area contributed by atoms with Gasteiger partial charge in [0.2, 0.25) is 5.91 Å². The van der Waals surface area contributed by atoms with Crippen LogP contribution in [0, 0.1) is 5.82 Å². The Morgan fingerprint density at radius 1 is 1.32 bits per heavy atom. The Morgan fingerprint density at radius 2 is 2.11 bits per heavy atom. The van der Waals surface area contributed by atoms with E-state index in [2.05, 4.69) is 10.4 Å². The zero-order valence-corrected chi connectivity index (χ0v) is 15.7. The van der Waals surface area contributed by atoms with Crippen molar-refractivity contribution in [2.45, 2.75) is 20.0 Å². The summed E-state index contributed by atoms with van der Waals surface area (Å²) in [5.41, 5.74) is 0.709. The van der Waals surface area contributed by atoms with E-state index in [0.29, 0.717) is 24.5 Å². The zero-order valence-electron chi connectivity index (χ0n) is 15.7. The van der Waals surface area contributed by atoms with Crippen LogP contribution in [0.3, 0.4) is 0 Å². The number of cyclic esters (lactones) is 1. The molecule has 1 saturated heterocycles. The maximum absolute atomic E-state index is 14.7. The van der Waals surface area contributed by atoms with E-state index in [1.807, 2.05) is 0 Å². The summed E-state index contributed by atoms with van der Waals surface area (Å²) in [6.45, 7) is 4.51. The monoisotopic (exact) mass is 391 g/mol. The predicted molar refractivity (Wildman–Crippen MR) is 101 cm³/mol. The molecule has 1 fully saturated rings. The summed E-state index contributed by atoms with van der Waals surface area (Å²) < 4.78 is 19.9. The minimum atomic E-state index is -0.582. The number of ketones is 1. The minimum Gasteiger partial charge on any atom is -0.442 e. The molecule has 2 amide bonds. The van der Waals surface area contributed by atoms with E-state index < -0.39 is 18.0 Å². The molecule has 2 heterocycles. The Hall–Kier alpha value is -3.17. The lowest BCUT2D eigenvalue weighted by Crippen LogP contribution is -2.40. The highest BCUT2D eigenvalue weighted by molar-refractivity contribution is 5.90. The van der Waals surface area contributed by atoms with E-state index in [1.54, 1.807) is 22.0 Å². The number of hydrogen-bond acceptors (Lipinski definition) is 7. The topological polar surface area (TPSA) is 94.5 Å². The van der Waals surface area contributed by atoms with Gasteiger partial charge in [0, 0.05) is 13.5 Å². The maximum Gasteiger partial charge on any atom is 0.414 e. The van der Waals surface area contributed by atoms with Crippen molar-refractivity contribution in [1.82, 2.24) is 10.3 Å². The Balaban J connectivity index is 1.67. The van der Waals surface area contributed by atoms with Crippen molar-refractivity contribution < 1.29 is 23.5 Å². The van der Waals surface area contributed by atoms with E-state index in [1.165, 1.54) is 31.2 Å². The van der Waals surface area contributed by atoms with Gasteiger partial charge < -0.3 is 15.0 Å². The lowest BCUT2D eigenvalue weighted by atomic mass is 10.2. The first-order valence-electron chi connectivity index (χ1n) is 8.90. The van der Waals surface area contributed by atoms with Crippen LogP contribution >= 0.6 is 0 Å². The Labute approximate surface area is 161 Å². The second-order valence-corrected chi connectivity index (χ2v) is 6.70. The van der Waals surface area contributed by atoms with Crippen molar-refractivity contribution in [1.29, 1.82) is 0 Å². The third-order valence-electron chi connectivity index (χ3n) is 4.36. The number of amides is 2. The van der Waals surface area contributed by atoms with Gasteiger partial charge in [0.1, 0.15) is 18.3 Å². The van der Waals surface area contributed by atoms with Crippen LogP contribution in [0.15, 0.2) is 23.3 Å². The molecule has 28 heavy (non-hydrogen) atoms. The van der Waals surface area contributed by atoms with Gasteiger partial charge in [0.05, 0.1) is 37.6 Å². The summed E-state index contributed by atoms with van der Waals surface area (Å²) in [6, 6.07) is 4.48. The molecular formula is C18H22FN5O4. The fourth-order valence-electron chi connectivity index (χ4n) is 3.03. The number of benzene rings is 1. The van der Waals surface area contributed by atoms with Gasteiger partial charge in [-0.15, -0.1) is 0 Å².